The first kappa shape index (κ1) is 35.9. The molecule has 2 aliphatic heterocycles. The Bertz CT molecular complexity index is 1730. The van der Waals surface area contributed by atoms with Gasteiger partial charge in [-0.1, -0.05) is 50.8 Å². The summed E-state index contributed by atoms with van der Waals surface area (Å²) in [4.78, 5) is 23.7. The molecule has 2 atom stereocenters. The summed E-state index contributed by atoms with van der Waals surface area (Å²) in [5.41, 5.74) is 13.8. The molecule has 0 aliphatic carbocycles. The number of allylic oxidation sites excluding steroid dienone is 1. The fourth-order valence-corrected chi connectivity index (χ4v) is 5.22. The Kier molecular flexibility index (Phi) is 11.5. The summed E-state index contributed by atoms with van der Waals surface area (Å²) in [6.45, 7) is 15.5. The zero-order chi connectivity index (χ0) is 35.1. The van der Waals surface area contributed by atoms with E-state index in [9.17, 15) is 10.1 Å². The number of esters is 1. The van der Waals surface area contributed by atoms with Crippen LogP contribution in [0.2, 0.25) is 0 Å². The van der Waals surface area contributed by atoms with Gasteiger partial charge in [-0.3, -0.25) is 4.99 Å². The van der Waals surface area contributed by atoms with Crippen LogP contribution in [0.25, 0.3) is 0 Å². The van der Waals surface area contributed by atoms with E-state index in [0.29, 0.717) is 43.0 Å². The van der Waals surface area contributed by atoms with Crippen molar-refractivity contribution in [3.8, 4) is 6.07 Å². The van der Waals surface area contributed by atoms with Gasteiger partial charge in [0.25, 0.3) is 0 Å². The molecule has 4 rings (SSSR count). The molecule has 2 aliphatic rings. The van der Waals surface area contributed by atoms with E-state index >= 15 is 0 Å². The summed E-state index contributed by atoms with van der Waals surface area (Å²) in [7, 11) is 2.05. The first-order valence-electron chi connectivity index (χ1n) is 16.2. The second kappa shape index (κ2) is 15.3. The highest BCUT2D eigenvalue weighted by Gasteiger charge is 2.35. The molecule has 0 bridgehead atoms. The standard InChI is InChI=1S/C39H47N5O4/c1-26(21-28-9-11-29(12-10-28)25-47-36-16-13-31(41)17-18-42-36)27(2)46-20-19-44(8)32-14-15-34-33(23-32)39(6,7)35(43-34)22-30(24-40)37(45)48-38(3,4)5/h9-12,14-18,22-23,26-27H,19-21,25,41H2,1-8H3/b30-22+. The third-order valence-corrected chi connectivity index (χ3v) is 8.39. The Morgan fingerprint density at radius 3 is 2.54 bits per heavy atom. The summed E-state index contributed by atoms with van der Waals surface area (Å²) in [6.07, 6.45) is 7.46. The number of nitrogens with zero attached hydrogens (tertiary/aromatic N) is 4. The fourth-order valence-electron chi connectivity index (χ4n) is 5.22. The maximum absolute atomic E-state index is 12.6. The number of carbonyl (C=O) groups is 1. The minimum Gasteiger partial charge on any atom is -0.472 e. The third kappa shape index (κ3) is 9.57. The second-order valence-electron chi connectivity index (χ2n) is 13.8. The van der Waals surface area contributed by atoms with E-state index in [1.165, 1.54) is 5.56 Å². The van der Waals surface area contributed by atoms with Crippen molar-refractivity contribution >= 4 is 29.0 Å². The van der Waals surface area contributed by atoms with Crippen molar-refractivity contribution in [2.24, 2.45) is 21.6 Å². The third-order valence-electron chi connectivity index (χ3n) is 8.39. The van der Waals surface area contributed by atoms with Crippen LogP contribution in [-0.2, 0) is 37.4 Å². The Labute approximate surface area is 284 Å². The van der Waals surface area contributed by atoms with Gasteiger partial charge < -0.3 is 24.8 Å². The molecule has 0 aromatic heterocycles. The van der Waals surface area contributed by atoms with Crippen LogP contribution in [0.4, 0.5) is 11.4 Å². The molecule has 2 aromatic carbocycles. The average Bonchev–Trinajstić information content (AvgIpc) is 3.13. The Morgan fingerprint density at radius 1 is 1.15 bits per heavy atom. The van der Waals surface area contributed by atoms with Gasteiger partial charge in [0.05, 0.1) is 29.8 Å². The predicted octanol–water partition coefficient (Wildman–Crippen LogP) is 7.00. The molecule has 2 aromatic rings. The van der Waals surface area contributed by atoms with Gasteiger partial charge in [0.1, 0.15) is 23.9 Å². The van der Waals surface area contributed by atoms with E-state index in [0.717, 1.165) is 28.9 Å². The number of likely N-dealkylation sites (N-methyl/N-ethyl adjacent to an activating group) is 1. The molecule has 2 unspecified atom stereocenters. The quantitative estimate of drug-likeness (QED) is 0.114. The lowest BCUT2D eigenvalue weighted by Gasteiger charge is -2.26. The highest BCUT2D eigenvalue weighted by atomic mass is 16.6. The van der Waals surface area contributed by atoms with Gasteiger partial charge in [0.2, 0.25) is 5.90 Å². The number of hydrogen-bond acceptors (Lipinski definition) is 9. The molecule has 48 heavy (non-hydrogen) atoms. The number of benzene rings is 2. The van der Waals surface area contributed by atoms with E-state index in [1.54, 1.807) is 45.2 Å². The maximum Gasteiger partial charge on any atom is 0.349 e. The van der Waals surface area contributed by atoms with Crippen LogP contribution < -0.4 is 10.6 Å². The number of nitriles is 1. The fraction of sp³-hybridized carbons (Fsp3) is 0.410. The Morgan fingerprint density at radius 2 is 1.85 bits per heavy atom. The summed E-state index contributed by atoms with van der Waals surface area (Å²) < 4.78 is 17.5. The number of nitrogens with two attached hydrogens (primary N) is 1. The van der Waals surface area contributed by atoms with Crippen LogP contribution in [0.5, 0.6) is 0 Å². The number of carbonyl (C=O) groups excluding carboxylic acids is 1. The molecular weight excluding hydrogens is 602 g/mol. The topological polar surface area (TPSA) is 123 Å². The smallest absolute Gasteiger partial charge is 0.349 e. The number of rotatable bonds is 12. The van der Waals surface area contributed by atoms with E-state index < -0.39 is 17.0 Å². The van der Waals surface area contributed by atoms with Crippen LogP contribution in [0, 0.1) is 17.2 Å². The number of hydrogen-bond donors (Lipinski definition) is 1. The van der Waals surface area contributed by atoms with Crippen molar-refractivity contribution in [1.29, 1.82) is 5.26 Å². The van der Waals surface area contributed by atoms with Crippen LogP contribution in [-0.4, -0.2) is 49.5 Å². The lowest BCUT2D eigenvalue weighted by molar-refractivity contribution is -0.149. The number of fused-ring (bicyclic) bond motifs is 1. The highest BCUT2D eigenvalue weighted by Crippen LogP contribution is 2.42. The lowest BCUT2D eigenvalue weighted by Crippen LogP contribution is -2.28. The molecule has 252 valence electrons. The number of aliphatic imine (C=N–C) groups is 2. The van der Waals surface area contributed by atoms with Gasteiger partial charge in [-0.15, -0.1) is 0 Å². The van der Waals surface area contributed by atoms with Crippen molar-refractivity contribution < 1.29 is 19.0 Å². The van der Waals surface area contributed by atoms with E-state index in [2.05, 4.69) is 59.8 Å². The molecule has 0 saturated heterocycles. The Balaban J connectivity index is 1.27. The molecule has 9 nitrogen and oxygen atoms in total. The molecule has 9 heteroatoms. The van der Waals surface area contributed by atoms with Gasteiger partial charge in [-0.25, -0.2) is 9.79 Å². The summed E-state index contributed by atoms with van der Waals surface area (Å²) in [6, 6.07) is 16.6. The van der Waals surface area contributed by atoms with E-state index in [-0.39, 0.29) is 11.7 Å². The van der Waals surface area contributed by atoms with Crippen molar-refractivity contribution in [2.75, 3.05) is 25.1 Å². The highest BCUT2D eigenvalue weighted by molar-refractivity contribution is 6.12. The minimum absolute atomic E-state index is 0.0643. The molecule has 0 fully saturated rings. The number of ether oxygens (including phenoxy) is 3. The zero-order valence-electron chi connectivity index (χ0n) is 29.3. The summed E-state index contributed by atoms with van der Waals surface area (Å²) >= 11 is 0. The molecule has 0 radical (unpaired) electrons. The summed E-state index contributed by atoms with van der Waals surface area (Å²) in [5.74, 6) is 0.156. The average molecular weight is 650 g/mol. The SMILES string of the molecule is CC(Cc1ccc(COC2=NC=CC(N)=C=C2)cc1)C(C)OCCN(C)c1ccc2c(c1)C(C)(C)C(/C=C(\C#N)C(=O)OC(C)(C)C)=N2. The normalized spacial score (nSPS) is 16.5. The maximum atomic E-state index is 12.6. The second-order valence-corrected chi connectivity index (χ2v) is 13.8. The van der Waals surface area contributed by atoms with Crippen molar-refractivity contribution in [3.05, 3.63) is 101 Å². The zero-order valence-corrected chi connectivity index (χ0v) is 29.3. The molecular formula is C39H47N5O4. The van der Waals surface area contributed by atoms with Crippen LogP contribution in [0.3, 0.4) is 0 Å². The molecule has 0 amide bonds. The minimum atomic E-state index is -0.693. The molecule has 2 N–H and O–H groups in total. The van der Waals surface area contributed by atoms with E-state index in [4.69, 9.17) is 24.9 Å². The first-order chi connectivity index (χ1) is 22.7. The van der Waals surface area contributed by atoms with Crippen molar-refractivity contribution in [3.63, 3.8) is 0 Å². The van der Waals surface area contributed by atoms with Gasteiger partial charge in [-0.2, -0.15) is 5.26 Å². The van der Waals surface area contributed by atoms with Crippen molar-refractivity contribution in [1.82, 2.24) is 0 Å². The van der Waals surface area contributed by atoms with Gasteiger partial charge in [-0.05, 0) is 87.1 Å². The number of anilines is 1. The predicted molar refractivity (Wildman–Crippen MR) is 191 cm³/mol. The Hall–Kier alpha value is -4.90. The first-order valence-corrected chi connectivity index (χ1v) is 16.2. The van der Waals surface area contributed by atoms with Crippen LogP contribution >= 0.6 is 0 Å². The van der Waals surface area contributed by atoms with Crippen LogP contribution in [0.15, 0.2) is 93.9 Å². The molecule has 0 spiro atoms. The van der Waals surface area contributed by atoms with E-state index in [1.807, 2.05) is 39.1 Å². The molecule has 0 saturated carbocycles. The van der Waals surface area contributed by atoms with Crippen molar-refractivity contribution in [2.45, 2.75) is 78.6 Å². The summed E-state index contributed by atoms with van der Waals surface area (Å²) in [5, 5.41) is 9.66. The van der Waals surface area contributed by atoms with Gasteiger partial charge in [0, 0.05) is 37.0 Å². The monoisotopic (exact) mass is 649 g/mol. The lowest BCUT2D eigenvalue weighted by atomic mass is 9.80. The van der Waals surface area contributed by atoms with Gasteiger partial charge in [0.15, 0.2) is 0 Å². The largest absolute Gasteiger partial charge is 0.472 e. The molecule has 2 heterocycles. The van der Waals surface area contributed by atoms with Crippen LogP contribution in [0.1, 0.15) is 65.2 Å². The van der Waals surface area contributed by atoms with Gasteiger partial charge >= 0.3 is 5.97 Å².